The second-order valence-electron chi connectivity index (χ2n) is 6.14. The van der Waals surface area contributed by atoms with Crippen molar-refractivity contribution in [3.8, 4) is 0 Å². The van der Waals surface area contributed by atoms with Crippen LogP contribution >= 0.6 is 11.3 Å². The molecule has 0 bridgehead atoms. The van der Waals surface area contributed by atoms with Crippen molar-refractivity contribution in [2.45, 2.75) is 57.7 Å². The van der Waals surface area contributed by atoms with Crippen molar-refractivity contribution >= 4 is 11.3 Å². The largest absolute Gasteiger partial charge is 0.390 e. The molecular weight excluding hydrogens is 256 g/mol. The smallest absolute Gasteiger partial charge is 0.0632 e. The normalized spacial score (nSPS) is 28.9. The lowest BCUT2D eigenvalue weighted by Crippen LogP contribution is -2.40. The molecule has 4 heteroatoms. The zero-order chi connectivity index (χ0) is 14.0. The first-order valence-corrected chi connectivity index (χ1v) is 7.99. The Kier molecular flexibility index (Phi) is 4.66. The third-order valence-corrected chi connectivity index (χ3v) is 5.11. The zero-order valence-corrected chi connectivity index (χ0v) is 13.0. The van der Waals surface area contributed by atoms with E-state index in [0.29, 0.717) is 0 Å². The van der Waals surface area contributed by atoms with Crippen LogP contribution in [-0.4, -0.2) is 34.7 Å². The van der Waals surface area contributed by atoms with Crippen molar-refractivity contribution in [3.63, 3.8) is 0 Å². The number of hydrogen-bond donors (Lipinski definition) is 2. The van der Waals surface area contributed by atoms with Gasteiger partial charge in [0.2, 0.25) is 0 Å². The Morgan fingerprint density at radius 2 is 2.11 bits per heavy atom. The molecule has 3 atom stereocenters. The number of nitrogens with zero attached hydrogens (tertiary/aromatic N) is 1. The molecule has 1 aromatic rings. The molecule has 0 amide bonds. The summed E-state index contributed by atoms with van der Waals surface area (Å²) in [5.74, 6) is 0. The SMILES string of the molecule is Cc1ccc(C(C(C)N)N2CCCC(C)(O)CC2)s1. The fraction of sp³-hybridized carbons (Fsp3) is 0.733. The van der Waals surface area contributed by atoms with Gasteiger partial charge in [0.05, 0.1) is 11.6 Å². The van der Waals surface area contributed by atoms with Crippen molar-refractivity contribution in [3.05, 3.63) is 21.9 Å². The number of aliphatic hydroxyl groups is 1. The van der Waals surface area contributed by atoms with Crippen molar-refractivity contribution < 1.29 is 5.11 Å². The highest BCUT2D eigenvalue weighted by Crippen LogP contribution is 2.33. The van der Waals surface area contributed by atoms with E-state index in [4.69, 9.17) is 5.73 Å². The summed E-state index contributed by atoms with van der Waals surface area (Å²) in [7, 11) is 0. The van der Waals surface area contributed by atoms with E-state index in [1.54, 1.807) is 0 Å². The van der Waals surface area contributed by atoms with Crippen LogP contribution in [0.4, 0.5) is 0 Å². The first kappa shape index (κ1) is 15.0. The predicted molar refractivity (Wildman–Crippen MR) is 81.5 cm³/mol. The Morgan fingerprint density at radius 1 is 1.37 bits per heavy atom. The molecule has 3 nitrogen and oxygen atoms in total. The molecule has 2 rings (SSSR count). The summed E-state index contributed by atoms with van der Waals surface area (Å²) in [4.78, 5) is 5.15. The quantitative estimate of drug-likeness (QED) is 0.896. The minimum absolute atomic E-state index is 0.112. The molecule has 3 unspecified atom stereocenters. The maximum Gasteiger partial charge on any atom is 0.0632 e. The summed E-state index contributed by atoms with van der Waals surface area (Å²) in [6.45, 7) is 8.13. The molecule has 0 aromatic carbocycles. The molecule has 108 valence electrons. The molecule has 19 heavy (non-hydrogen) atoms. The molecule has 1 aromatic heterocycles. The maximum atomic E-state index is 10.2. The number of aryl methyl sites for hydroxylation is 1. The van der Waals surface area contributed by atoms with Gasteiger partial charge in [-0.15, -0.1) is 11.3 Å². The van der Waals surface area contributed by atoms with E-state index in [0.717, 1.165) is 32.4 Å². The van der Waals surface area contributed by atoms with Gasteiger partial charge in [-0.05, 0) is 58.7 Å². The third kappa shape index (κ3) is 3.78. The van der Waals surface area contributed by atoms with Crippen molar-refractivity contribution in [2.75, 3.05) is 13.1 Å². The Morgan fingerprint density at radius 3 is 2.68 bits per heavy atom. The Bertz CT molecular complexity index is 414. The molecule has 0 aliphatic carbocycles. The molecule has 0 spiro atoms. The average Bonchev–Trinajstić information content (AvgIpc) is 2.63. The number of nitrogens with two attached hydrogens (primary N) is 1. The number of hydrogen-bond acceptors (Lipinski definition) is 4. The van der Waals surface area contributed by atoms with Gasteiger partial charge in [-0.3, -0.25) is 4.90 Å². The maximum absolute atomic E-state index is 10.2. The second-order valence-corrected chi connectivity index (χ2v) is 7.46. The zero-order valence-electron chi connectivity index (χ0n) is 12.2. The first-order valence-electron chi connectivity index (χ1n) is 7.17. The minimum atomic E-state index is -0.511. The lowest BCUT2D eigenvalue weighted by molar-refractivity contribution is 0.0425. The van der Waals surface area contributed by atoms with Crippen LogP contribution < -0.4 is 5.73 Å². The van der Waals surface area contributed by atoms with E-state index in [-0.39, 0.29) is 12.1 Å². The lowest BCUT2D eigenvalue weighted by atomic mass is 9.98. The Labute approximate surface area is 120 Å². The van der Waals surface area contributed by atoms with Crippen molar-refractivity contribution in [2.24, 2.45) is 5.73 Å². The number of likely N-dealkylation sites (tertiary alicyclic amines) is 1. The lowest BCUT2D eigenvalue weighted by Gasteiger charge is -2.33. The van der Waals surface area contributed by atoms with Crippen LogP contribution in [0.2, 0.25) is 0 Å². The van der Waals surface area contributed by atoms with E-state index in [1.165, 1.54) is 9.75 Å². The van der Waals surface area contributed by atoms with Crippen LogP contribution in [0.3, 0.4) is 0 Å². The summed E-state index contributed by atoms with van der Waals surface area (Å²) in [5, 5.41) is 10.2. The molecule has 1 saturated heterocycles. The summed E-state index contributed by atoms with van der Waals surface area (Å²) in [6.07, 6.45) is 2.76. The van der Waals surface area contributed by atoms with Gasteiger partial charge in [-0.25, -0.2) is 0 Å². The molecule has 0 saturated carbocycles. The highest BCUT2D eigenvalue weighted by molar-refractivity contribution is 7.12. The predicted octanol–water partition coefficient (Wildman–Crippen LogP) is 2.68. The number of thiophene rings is 1. The van der Waals surface area contributed by atoms with E-state index in [2.05, 4.69) is 30.9 Å². The standard InChI is InChI=1S/C15H26N2OS/c1-11-5-6-13(19-11)14(12(2)16)17-9-4-7-15(3,18)8-10-17/h5-6,12,14,18H,4,7-10,16H2,1-3H3. The van der Waals surface area contributed by atoms with E-state index in [9.17, 15) is 5.11 Å². The van der Waals surface area contributed by atoms with Crippen LogP contribution in [-0.2, 0) is 0 Å². The highest BCUT2D eigenvalue weighted by Gasteiger charge is 2.31. The van der Waals surface area contributed by atoms with Crippen LogP contribution in [0.1, 0.15) is 48.9 Å². The average molecular weight is 282 g/mol. The van der Waals surface area contributed by atoms with E-state index in [1.807, 2.05) is 18.3 Å². The molecule has 0 radical (unpaired) electrons. The van der Waals surface area contributed by atoms with Crippen molar-refractivity contribution in [1.82, 2.24) is 4.90 Å². The molecule has 2 heterocycles. The van der Waals surface area contributed by atoms with Gasteiger partial charge in [0.15, 0.2) is 0 Å². The fourth-order valence-electron chi connectivity index (χ4n) is 2.95. The van der Waals surface area contributed by atoms with E-state index < -0.39 is 5.60 Å². The summed E-state index contributed by atoms with van der Waals surface area (Å²) in [6, 6.07) is 4.77. The third-order valence-electron chi connectivity index (χ3n) is 4.04. The van der Waals surface area contributed by atoms with Crippen LogP contribution in [0.5, 0.6) is 0 Å². The topological polar surface area (TPSA) is 49.5 Å². The van der Waals surface area contributed by atoms with Gasteiger partial charge < -0.3 is 10.8 Å². The molecular formula is C15H26N2OS. The van der Waals surface area contributed by atoms with Crippen LogP contribution in [0.15, 0.2) is 12.1 Å². The van der Waals surface area contributed by atoms with Gasteiger partial charge in [-0.1, -0.05) is 0 Å². The van der Waals surface area contributed by atoms with E-state index >= 15 is 0 Å². The van der Waals surface area contributed by atoms with Gasteiger partial charge in [-0.2, -0.15) is 0 Å². The molecule has 3 N–H and O–H groups in total. The Hall–Kier alpha value is -0.420. The molecule has 1 fully saturated rings. The highest BCUT2D eigenvalue weighted by atomic mass is 32.1. The summed E-state index contributed by atoms with van der Waals surface area (Å²) < 4.78 is 0. The van der Waals surface area contributed by atoms with Gasteiger partial charge in [0.1, 0.15) is 0 Å². The van der Waals surface area contributed by atoms with Gasteiger partial charge in [0, 0.05) is 22.3 Å². The second kappa shape index (κ2) is 5.92. The molecule has 1 aliphatic heterocycles. The van der Waals surface area contributed by atoms with Gasteiger partial charge >= 0.3 is 0 Å². The van der Waals surface area contributed by atoms with Gasteiger partial charge in [0.25, 0.3) is 0 Å². The number of rotatable bonds is 3. The summed E-state index contributed by atoms with van der Waals surface area (Å²) >= 11 is 1.84. The monoisotopic (exact) mass is 282 g/mol. The molecule has 1 aliphatic rings. The van der Waals surface area contributed by atoms with Crippen LogP contribution in [0, 0.1) is 6.92 Å². The van der Waals surface area contributed by atoms with Crippen LogP contribution in [0.25, 0.3) is 0 Å². The summed E-state index contributed by atoms with van der Waals surface area (Å²) in [5.41, 5.74) is 5.72. The first-order chi connectivity index (χ1) is 8.89. The fourth-order valence-corrected chi connectivity index (χ4v) is 4.07. The Balaban J connectivity index is 2.15. The van der Waals surface area contributed by atoms with Crippen molar-refractivity contribution in [1.29, 1.82) is 0 Å². The minimum Gasteiger partial charge on any atom is -0.390 e.